The lowest BCUT2D eigenvalue weighted by Gasteiger charge is -2.08. The number of nitrogens with one attached hydrogen (secondary N) is 1. The zero-order valence-electron chi connectivity index (χ0n) is 11.0. The van der Waals surface area contributed by atoms with E-state index in [4.69, 9.17) is 5.26 Å². The molecule has 0 aliphatic rings. The molecule has 2 aromatic rings. The number of nitriles is 1. The van der Waals surface area contributed by atoms with Crippen molar-refractivity contribution in [3.63, 3.8) is 0 Å². The number of hydrogen-bond donors (Lipinski definition) is 1. The van der Waals surface area contributed by atoms with Crippen LogP contribution in [-0.2, 0) is 6.42 Å². The molecule has 0 radical (unpaired) electrons. The number of benzene rings is 2. The fourth-order valence-electron chi connectivity index (χ4n) is 1.90. The Morgan fingerprint density at radius 3 is 2.65 bits per heavy atom. The Morgan fingerprint density at radius 2 is 2.00 bits per heavy atom. The van der Waals surface area contributed by atoms with Gasteiger partial charge in [0, 0.05) is 17.4 Å². The highest BCUT2D eigenvalue weighted by Gasteiger charge is 2.13. The Balaban J connectivity index is 2.30. The van der Waals surface area contributed by atoms with Crippen molar-refractivity contribution in [2.45, 2.75) is 13.3 Å². The van der Waals surface area contributed by atoms with Crippen LogP contribution in [0, 0.1) is 21.4 Å². The van der Waals surface area contributed by atoms with Crippen LogP contribution in [0.2, 0.25) is 0 Å². The molecule has 0 atom stereocenters. The SMILES string of the molecule is CCc1cccc(Nc2ccc([N+](=O)[O-])c(C#N)c2)c1. The van der Waals surface area contributed by atoms with Crippen molar-refractivity contribution in [2.75, 3.05) is 5.32 Å². The summed E-state index contributed by atoms with van der Waals surface area (Å²) in [7, 11) is 0. The monoisotopic (exact) mass is 267 g/mol. The third-order valence-corrected chi connectivity index (χ3v) is 2.94. The number of hydrogen-bond acceptors (Lipinski definition) is 4. The molecule has 0 aromatic heterocycles. The molecule has 2 aromatic carbocycles. The predicted octanol–water partition coefficient (Wildman–Crippen LogP) is 3.77. The van der Waals surface area contributed by atoms with Gasteiger partial charge in [0.05, 0.1) is 4.92 Å². The molecule has 0 unspecified atom stereocenters. The van der Waals surface area contributed by atoms with Crippen LogP contribution in [0.5, 0.6) is 0 Å². The van der Waals surface area contributed by atoms with Gasteiger partial charge >= 0.3 is 0 Å². The maximum atomic E-state index is 10.8. The van der Waals surface area contributed by atoms with Crippen molar-refractivity contribution in [3.8, 4) is 6.07 Å². The first kappa shape index (κ1) is 13.6. The normalized spacial score (nSPS) is 9.80. The minimum absolute atomic E-state index is 0.0478. The number of nitro groups is 1. The van der Waals surface area contributed by atoms with E-state index in [-0.39, 0.29) is 11.3 Å². The molecule has 0 saturated heterocycles. The second-order valence-corrected chi connectivity index (χ2v) is 4.28. The molecule has 2 rings (SSSR count). The summed E-state index contributed by atoms with van der Waals surface area (Å²) in [6.45, 7) is 2.07. The Hall–Kier alpha value is -2.87. The molecule has 20 heavy (non-hydrogen) atoms. The van der Waals surface area contributed by atoms with E-state index in [0.29, 0.717) is 5.69 Å². The summed E-state index contributed by atoms with van der Waals surface area (Å²) in [5.41, 5.74) is 2.60. The van der Waals surface area contributed by atoms with E-state index < -0.39 is 4.92 Å². The number of anilines is 2. The van der Waals surface area contributed by atoms with E-state index in [9.17, 15) is 10.1 Å². The first-order valence-electron chi connectivity index (χ1n) is 6.18. The van der Waals surface area contributed by atoms with Gasteiger partial charge in [0.2, 0.25) is 0 Å². The fourth-order valence-corrected chi connectivity index (χ4v) is 1.90. The predicted molar refractivity (Wildman–Crippen MR) is 76.9 cm³/mol. The molecule has 0 spiro atoms. The fraction of sp³-hybridized carbons (Fsp3) is 0.133. The molecule has 5 heteroatoms. The van der Waals surface area contributed by atoms with Crippen molar-refractivity contribution in [3.05, 3.63) is 63.7 Å². The van der Waals surface area contributed by atoms with Crippen LogP contribution in [0.4, 0.5) is 17.1 Å². The van der Waals surface area contributed by atoms with E-state index in [0.717, 1.165) is 12.1 Å². The average Bonchev–Trinajstić information content (AvgIpc) is 2.47. The van der Waals surface area contributed by atoms with Crippen molar-refractivity contribution in [2.24, 2.45) is 0 Å². The van der Waals surface area contributed by atoms with Crippen molar-refractivity contribution < 1.29 is 4.92 Å². The molecule has 0 fully saturated rings. The number of rotatable bonds is 4. The van der Waals surface area contributed by atoms with Gasteiger partial charge in [-0.05, 0) is 36.2 Å². The van der Waals surface area contributed by atoms with Gasteiger partial charge in [0.1, 0.15) is 11.6 Å². The number of nitro benzene ring substituents is 1. The molecule has 0 heterocycles. The lowest BCUT2D eigenvalue weighted by molar-refractivity contribution is -0.385. The summed E-state index contributed by atoms with van der Waals surface area (Å²) < 4.78 is 0. The lowest BCUT2D eigenvalue weighted by atomic mass is 10.1. The maximum Gasteiger partial charge on any atom is 0.287 e. The minimum Gasteiger partial charge on any atom is -0.355 e. The van der Waals surface area contributed by atoms with E-state index in [1.54, 1.807) is 6.07 Å². The first-order valence-corrected chi connectivity index (χ1v) is 6.18. The summed E-state index contributed by atoms with van der Waals surface area (Å²) in [5.74, 6) is 0. The Bertz CT molecular complexity index is 690. The average molecular weight is 267 g/mol. The zero-order chi connectivity index (χ0) is 14.5. The molecular weight excluding hydrogens is 254 g/mol. The summed E-state index contributed by atoms with van der Waals surface area (Å²) >= 11 is 0. The Labute approximate surface area is 116 Å². The van der Waals surface area contributed by atoms with Crippen LogP contribution < -0.4 is 5.32 Å². The summed E-state index contributed by atoms with van der Waals surface area (Å²) in [6, 6.07) is 14.1. The molecule has 0 bridgehead atoms. The van der Waals surface area contributed by atoms with Gasteiger partial charge in [-0.3, -0.25) is 10.1 Å². The highest BCUT2D eigenvalue weighted by Crippen LogP contribution is 2.24. The zero-order valence-corrected chi connectivity index (χ0v) is 11.0. The molecule has 0 aliphatic carbocycles. The Morgan fingerprint density at radius 1 is 1.25 bits per heavy atom. The molecule has 1 N–H and O–H groups in total. The van der Waals surface area contributed by atoms with E-state index in [1.165, 1.54) is 17.7 Å². The van der Waals surface area contributed by atoms with E-state index in [1.807, 2.05) is 30.3 Å². The Kier molecular flexibility index (Phi) is 3.96. The van der Waals surface area contributed by atoms with Crippen LogP contribution in [0.1, 0.15) is 18.1 Å². The summed E-state index contributed by atoms with van der Waals surface area (Å²) in [4.78, 5) is 10.2. The highest BCUT2D eigenvalue weighted by atomic mass is 16.6. The van der Waals surface area contributed by atoms with Crippen LogP contribution in [0.25, 0.3) is 0 Å². The molecule has 0 amide bonds. The first-order chi connectivity index (χ1) is 9.63. The second-order valence-electron chi connectivity index (χ2n) is 4.28. The quantitative estimate of drug-likeness (QED) is 0.675. The van der Waals surface area contributed by atoms with Crippen LogP contribution in [0.15, 0.2) is 42.5 Å². The van der Waals surface area contributed by atoms with Gasteiger partial charge in [0.15, 0.2) is 0 Å². The highest BCUT2D eigenvalue weighted by molar-refractivity contribution is 5.65. The van der Waals surface area contributed by atoms with Gasteiger partial charge < -0.3 is 5.32 Å². The topological polar surface area (TPSA) is 79.0 Å². The summed E-state index contributed by atoms with van der Waals surface area (Å²) in [6.07, 6.45) is 0.930. The molecule has 0 saturated carbocycles. The molecule has 5 nitrogen and oxygen atoms in total. The van der Waals surface area contributed by atoms with Crippen molar-refractivity contribution in [1.29, 1.82) is 5.26 Å². The van der Waals surface area contributed by atoms with E-state index >= 15 is 0 Å². The van der Waals surface area contributed by atoms with Crippen molar-refractivity contribution >= 4 is 17.1 Å². The molecular formula is C15H13N3O2. The third kappa shape index (κ3) is 2.93. The maximum absolute atomic E-state index is 10.8. The van der Waals surface area contributed by atoms with Gasteiger partial charge in [-0.15, -0.1) is 0 Å². The van der Waals surface area contributed by atoms with Gasteiger partial charge in [-0.25, -0.2) is 0 Å². The largest absolute Gasteiger partial charge is 0.355 e. The smallest absolute Gasteiger partial charge is 0.287 e. The van der Waals surface area contributed by atoms with Crippen LogP contribution in [0.3, 0.4) is 0 Å². The van der Waals surface area contributed by atoms with Gasteiger partial charge in [-0.2, -0.15) is 5.26 Å². The molecule has 0 aliphatic heterocycles. The standard InChI is InChI=1S/C15H13N3O2/c1-2-11-4-3-5-13(8-11)17-14-6-7-15(18(19)20)12(9-14)10-16/h3-9,17H,2H2,1H3. The summed E-state index contributed by atoms with van der Waals surface area (Å²) in [5, 5.41) is 22.9. The number of nitrogens with zero attached hydrogens (tertiary/aromatic N) is 2. The molecule has 100 valence electrons. The van der Waals surface area contributed by atoms with Gasteiger partial charge in [0.25, 0.3) is 5.69 Å². The van der Waals surface area contributed by atoms with Crippen LogP contribution >= 0.6 is 0 Å². The minimum atomic E-state index is -0.556. The lowest BCUT2D eigenvalue weighted by Crippen LogP contribution is -1.96. The van der Waals surface area contributed by atoms with Crippen LogP contribution in [-0.4, -0.2) is 4.92 Å². The second kappa shape index (κ2) is 5.85. The van der Waals surface area contributed by atoms with Gasteiger partial charge in [-0.1, -0.05) is 19.1 Å². The third-order valence-electron chi connectivity index (χ3n) is 2.94. The van der Waals surface area contributed by atoms with E-state index in [2.05, 4.69) is 12.2 Å². The van der Waals surface area contributed by atoms with Crippen molar-refractivity contribution in [1.82, 2.24) is 0 Å². The number of aryl methyl sites for hydroxylation is 1.